The van der Waals surface area contributed by atoms with E-state index in [0.717, 1.165) is 38.5 Å². The van der Waals surface area contributed by atoms with Gasteiger partial charge in [-0.1, -0.05) is 45.4 Å². The van der Waals surface area contributed by atoms with Crippen LogP contribution in [0.5, 0.6) is 0 Å². The Kier molecular flexibility index (Phi) is 10.4. The Hall–Kier alpha value is -1.43. The summed E-state index contributed by atoms with van der Waals surface area (Å²) in [7, 11) is 0. The van der Waals surface area contributed by atoms with Gasteiger partial charge in [-0.25, -0.2) is 5.43 Å². The van der Waals surface area contributed by atoms with Crippen molar-refractivity contribution in [1.29, 1.82) is 0 Å². The van der Waals surface area contributed by atoms with Crippen molar-refractivity contribution < 1.29 is 14.4 Å². The maximum atomic E-state index is 11.8. The van der Waals surface area contributed by atoms with Gasteiger partial charge in [0.15, 0.2) is 0 Å². The van der Waals surface area contributed by atoms with E-state index in [9.17, 15) is 14.4 Å². The van der Waals surface area contributed by atoms with Crippen molar-refractivity contribution in [3.05, 3.63) is 0 Å². The molecule has 1 rings (SSSR count). The van der Waals surface area contributed by atoms with E-state index < -0.39 is 0 Å². The molecule has 0 aromatic heterocycles. The van der Waals surface area contributed by atoms with Crippen LogP contribution in [0.4, 0.5) is 0 Å². The minimum absolute atomic E-state index is 0.00219. The molecule has 1 atom stereocenters. The van der Waals surface area contributed by atoms with Gasteiger partial charge >= 0.3 is 0 Å². The Balaban J connectivity index is 1.88. The van der Waals surface area contributed by atoms with E-state index in [2.05, 4.69) is 10.9 Å². The van der Waals surface area contributed by atoms with Crippen LogP contribution in [-0.2, 0) is 14.4 Å². The van der Waals surface area contributed by atoms with Gasteiger partial charge in [-0.2, -0.15) is 0 Å². The van der Waals surface area contributed by atoms with Gasteiger partial charge in [0, 0.05) is 31.3 Å². The first-order valence-corrected chi connectivity index (χ1v) is 9.80. The average molecular weight is 354 g/mol. The van der Waals surface area contributed by atoms with Gasteiger partial charge in [-0.15, -0.1) is 0 Å². The molecule has 144 valence electrons. The first kappa shape index (κ1) is 21.6. The number of carbonyl (C=O) groups excluding carboxylic acids is 3. The predicted molar refractivity (Wildman–Crippen MR) is 98.5 cm³/mol. The van der Waals surface area contributed by atoms with E-state index in [4.69, 9.17) is 0 Å². The van der Waals surface area contributed by atoms with Gasteiger partial charge in [0.25, 0.3) is 0 Å². The highest BCUT2D eigenvalue weighted by Gasteiger charge is 2.34. The van der Waals surface area contributed by atoms with Crippen LogP contribution in [0.3, 0.4) is 0 Å². The molecule has 1 unspecified atom stereocenters. The number of nitrogens with one attached hydrogen (secondary N) is 2. The van der Waals surface area contributed by atoms with Crippen LogP contribution in [0.15, 0.2) is 0 Å². The molecular formula is C19H35N3O3. The fraction of sp³-hybridized carbons (Fsp3) is 0.842. The van der Waals surface area contributed by atoms with Crippen LogP contribution >= 0.6 is 0 Å². The molecule has 1 saturated heterocycles. The Bertz CT molecular complexity index is 438. The largest absolute Gasteiger partial charge is 0.291 e. The number of hydrazine groups is 1. The van der Waals surface area contributed by atoms with E-state index in [-0.39, 0.29) is 29.7 Å². The van der Waals surface area contributed by atoms with Crippen molar-refractivity contribution in [1.82, 2.24) is 15.8 Å². The maximum Gasteiger partial charge on any atom is 0.234 e. The second-order valence-corrected chi connectivity index (χ2v) is 7.41. The van der Waals surface area contributed by atoms with Crippen LogP contribution < -0.4 is 10.9 Å². The molecule has 0 radical (unpaired) electrons. The van der Waals surface area contributed by atoms with Crippen LogP contribution in [0.25, 0.3) is 0 Å². The molecule has 1 heterocycles. The van der Waals surface area contributed by atoms with Crippen LogP contribution in [0.2, 0.25) is 0 Å². The summed E-state index contributed by atoms with van der Waals surface area (Å²) in [6.45, 7) is 6.38. The molecule has 0 aromatic carbocycles. The topological polar surface area (TPSA) is 78.5 Å². The zero-order valence-corrected chi connectivity index (χ0v) is 16.1. The van der Waals surface area contributed by atoms with Crippen molar-refractivity contribution in [2.24, 2.45) is 5.92 Å². The number of rotatable bonds is 13. The highest BCUT2D eigenvalue weighted by Crippen LogP contribution is 2.19. The average Bonchev–Trinajstić information content (AvgIpc) is 2.80. The first-order valence-electron chi connectivity index (χ1n) is 9.80. The molecular weight excluding hydrogens is 318 g/mol. The Morgan fingerprint density at radius 3 is 2.12 bits per heavy atom. The fourth-order valence-electron chi connectivity index (χ4n) is 2.99. The van der Waals surface area contributed by atoms with E-state index in [1.54, 1.807) is 0 Å². The van der Waals surface area contributed by atoms with Gasteiger partial charge in [0.2, 0.25) is 17.7 Å². The lowest BCUT2D eigenvalue weighted by atomic mass is 10.1. The molecule has 0 spiro atoms. The molecule has 25 heavy (non-hydrogen) atoms. The van der Waals surface area contributed by atoms with E-state index in [1.165, 1.54) is 17.7 Å². The number of likely N-dealkylation sites (tertiary alicyclic amines) is 1. The third-order valence-electron chi connectivity index (χ3n) is 4.51. The molecule has 0 aromatic rings. The number of amides is 3. The summed E-state index contributed by atoms with van der Waals surface area (Å²) in [6.07, 6.45) is 9.62. The van der Waals surface area contributed by atoms with E-state index in [1.807, 2.05) is 20.8 Å². The number of nitrogens with zero attached hydrogens (tertiary/aromatic N) is 1. The lowest BCUT2D eigenvalue weighted by Gasteiger charge is -2.13. The standard InChI is InChI=1S/C19H35N3O3/c1-15(2)20-21-17(23)12-10-8-6-4-5-7-9-11-13-22-18(24)14-16(3)19(22)25/h15-16,20H,4-14H2,1-3H3,(H,21,23). The highest BCUT2D eigenvalue weighted by molar-refractivity contribution is 6.03. The minimum Gasteiger partial charge on any atom is -0.291 e. The molecule has 0 saturated carbocycles. The van der Waals surface area contributed by atoms with Crippen molar-refractivity contribution >= 4 is 17.7 Å². The molecule has 1 aliphatic rings. The number of hydrogen-bond donors (Lipinski definition) is 2. The Morgan fingerprint density at radius 2 is 1.60 bits per heavy atom. The summed E-state index contributed by atoms with van der Waals surface area (Å²) in [5, 5.41) is 0. The zero-order valence-electron chi connectivity index (χ0n) is 16.1. The fourth-order valence-corrected chi connectivity index (χ4v) is 2.99. The third-order valence-corrected chi connectivity index (χ3v) is 4.51. The summed E-state index contributed by atoms with van der Waals surface area (Å²) >= 11 is 0. The molecule has 1 fully saturated rings. The van der Waals surface area contributed by atoms with Crippen LogP contribution in [-0.4, -0.2) is 35.2 Å². The summed E-state index contributed by atoms with van der Waals surface area (Å²) in [5.41, 5.74) is 5.61. The van der Waals surface area contributed by atoms with E-state index in [0.29, 0.717) is 19.4 Å². The van der Waals surface area contributed by atoms with Gasteiger partial charge < -0.3 is 0 Å². The van der Waals surface area contributed by atoms with Gasteiger partial charge in [0.05, 0.1) is 0 Å². The van der Waals surface area contributed by atoms with Crippen LogP contribution in [0.1, 0.15) is 85.0 Å². The van der Waals surface area contributed by atoms with Crippen molar-refractivity contribution in [2.45, 2.75) is 91.0 Å². The summed E-state index contributed by atoms with van der Waals surface area (Å²) in [4.78, 5) is 36.4. The minimum atomic E-state index is -0.129. The van der Waals surface area contributed by atoms with Crippen molar-refractivity contribution in [3.8, 4) is 0 Å². The van der Waals surface area contributed by atoms with Gasteiger partial charge in [-0.05, 0) is 26.7 Å². The molecule has 1 aliphatic heterocycles. The highest BCUT2D eigenvalue weighted by atomic mass is 16.2. The lowest BCUT2D eigenvalue weighted by Crippen LogP contribution is -2.41. The number of carbonyl (C=O) groups is 3. The van der Waals surface area contributed by atoms with Gasteiger partial charge in [-0.3, -0.25) is 24.7 Å². The molecule has 6 nitrogen and oxygen atoms in total. The second kappa shape index (κ2) is 12.0. The molecule has 3 amide bonds. The number of imide groups is 1. The smallest absolute Gasteiger partial charge is 0.234 e. The molecule has 2 N–H and O–H groups in total. The summed E-state index contributed by atoms with van der Waals surface area (Å²) in [5.74, 6) is -0.0764. The quantitative estimate of drug-likeness (QED) is 0.303. The zero-order chi connectivity index (χ0) is 18.7. The second-order valence-electron chi connectivity index (χ2n) is 7.41. The molecule has 0 aliphatic carbocycles. The predicted octanol–water partition coefficient (Wildman–Crippen LogP) is 2.92. The van der Waals surface area contributed by atoms with Crippen molar-refractivity contribution in [2.75, 3.05) is 6.54 Å². The van der Waals surface area contributed by atoms with E-state index >= 15 is 0 Å². The number of unbranched alkanes of at least 4 members (excludes halogenated alkanes) is 7. The van der Waals surface area contributed by atoms with Gasteiger partial charge in [0.1, 0.15) is 0 Å². The maximum absolute atomic E-state index is 11.8. The number of hydrogen-bond acceptors (Lipinski definition) is 4. The third kappa shape index (κ3) is 9.00. The summed E-state index contributed by atoms with van der Waals surface area (Å²) in [6, 6.07) is 0.258. The normalized spacial score (nSPS) is 17.6. The van der Waals surface area contributed by atoms with Crippen LogP contribution in [0, 0.1) is 5.92 Å². The molecule has 0 bridgehead atoms. The SMILES string of the molecule is CC(C)NNC(=O)CCCCCCCCCCN1C(=O)CC(C)C1=O. The first-order chi connectivity index (χ1) is 11.9. The summed E-state index contributed by atoms with van der Waals surface area (Å²) < 4.78 is 0. The van der Waals surface area contributed by atoms with Crippen molar-refractivity contribution in [3.63, 3.8) is 0 Å². The Labute approximate surface area is 152 Å². The monoisotopic (exact) mass is 353 g/mol. The lowest BCUT2D eigenvalue weighted by molar-refractivity contribution is -0.139. The molecule has 6 heteroatoms. The Morgan fingerprint density at radius 1 is 1.04 bits per heavy atom.